The van der Waals surface area contributed by atoms with Gasteiger partial charge in [0.15, 0.2) is 0 Å². The van der Waals surface area contributed by atoms with Gasteiger partial charge in [0.25, 0.3) is 5.91 Å². The highest BCUT2D eigenvalue weighted by Crippen LogP contribution is 2.34. The Kier molecular flexibility index (Phi) is 5.64. The summed E-state index contributed by atoms with van der Waals surface area (Å²) in [5.41, 5.74) is 0.308. The molecule has 0 unspecified atom stereocenters. The number of esters is 1. The molecule has 0 spiro atoms. The number of nitrogens with one attached hydrogen (secondary N) is 1. The highest BCUT2D eigenvalue weighted by molar-refractivity contribution is 7.20. The molecule has 2 aromatic heterocycles. The van der Waals surface area contributed by atoms with Gasteiger partial charge in [-0.2, -0.15) is 13.2 Å². The van der Waals surface area contributed by atoms with E-state index in [4.69, 9.17) is 4.74 Å². The van der Waals surface area contributed by atoms with Gasteiger partial charge in [0.2, 0.25) is 0 Å². The van der Waals surface area contributed by atoms with Crippen LogP contribution in [0, 0.1) is 6.92 Å². The second-order valence-corrected chi connectivity index (χ2v) is 6.93. The van der Waals surface area contributed by atoms with Crippen molar-refractivity contribution in [2.45, 2.75) is 19.7 Å². The lowest BCUT2D eigenvalue weighted by atomic mass is 10.2. The monoisotopic (exact) mass is 408 g/mol. The van der Waals surface area contributed by atoms with E-state index < -0.39 is 23.7 Å². The van der Waals surface area contributed by atoms with Crippen LogP contribution in [0.25, 0.3) is 10.2 Å². The number of fused-ring (bicyclic) bond motifs is 1. The lowest BCUT2D eigenvalue weighted by molar-refractivity contribution is -0.143. The lowest BCUT2D eigenvalue weighted by Gasteiger charge is -2.06. The number of hydrogen-bond acceptors (Lipinski definition) is 5. The van der Waals surface area contributed by atoms with E-state index >= 15 is 0 Å². The lowest BCUT2D eigenvalue weighted by Crippen LogP contribution is -2.30. The van der Waals surface area contributed by atoms with Gasteiger partial charge in [-0.3, -0.25) is 9.59 Å². The third-order valence-electron chi connectivity index (χ3n) is 3.94. The maximum atomic E-state index is 12.8. The fourth-order valence-corrected chi connectivity index (χ4v) is 3.59. The van der Waals surface area contributed by atoms with Crippen molar-refractivity contribution in [3.8, 4) is 0 Å². The molecule has 28 heavy (non-hydrogen) atoms. The first kappa shape index (κ1) is 19.8. The Balaban J connectivity index is 1.64. The van der Waals surface area contributed by atoms with Gasteiger partial charge in [-0.05, 0) is 30.2 Å². The normalized spacial score (nSPS) is 11.4. The summed E-state index contributed by atoms with van der Waals surface area (Å²) in [6, 6.07) is 11.2. The Morgan fingerprint density at radius 3 is 2.54 bits per heavy atom. The molecule has 0 aliphatic rings. The van der Waals surface area contributed by atoms with Crippen molar-refractivity contribution in [3.05, 3.63) is 64.2 Å². The van der Waals surface area contributed by atoms with E-state index in [1.54, 1.807) is 19.1 Å². The van der Waals surface area contributed by atoms with Gasteiger partial charge in [0.05, 0.1) is 4.88 Å². The zero-order valence-electron chi connectivity index (χ0n) is 14.7. The highest BCUT2D eigenvalue weighted by atomic mass is 32.1. The molecule has 0 aliphatic carbocycles. The van der Waals surface area contributed by atoms with E-state index in [9.17, 15) is 22.8 Å². The van der Waals surface area contributed by atoms with Gasteiger partial charge in [0, 0.05) is 5.39 Å². The van der Waals surface area contributed by atoms with Crippen molar-refractivity contribution in [1.29, 1.82) is 0 Å². The largest absolute Gasteiger partial charge is 0.460 e. The van der Waals surface area contributed by atoms with Crippen molar-refractivity contribution in [2.24, 2.45) is 0 Å². The number of benzene rings is 1. The molecule has 0 aliphatic heterocycles. The third kappa shape index (κ3) is 4.48. The number of carbonyl (C=O) groups is 2. The minimum atomic E-state index is -4.56. The first-order valence-electron chi connectivity index (χ1n) is 8.21. The van der Waals surface area contributed by atoms with E-state index in [2.05, 4.69) is 10.3 Å². The zero-order chi connectivity index (χ0) is 20.3. The number of carbonyl (C=O) groups excluding carboxylic acids is 2. The SMILES string of the molecule is Cc1c(C(=O)NCC(=O)OCc2ccccc2)sc2nc(C(F)(F)F)ccc12. The standard InChI is InChI=1S/C19H15F3N2O3S/c1-11-13-7-8-14(19(20,21)22)24-18(13)28-16(11)17(26)23-9-15(25)27-10-12-5-3-2-4-6-12/h2-8H,9-10H2,1H3,(H,23,26). The van der Waals surface area contributed by atoms with Crippen LogP contribution in [-0.4, -0.2) is 23.4 Å². The molecule has 0 atom stereocenters. The van der Waals surface area contributed by atoms with E-state index in [-0.39, 0.29) is 22.9 Å². The van der Waals surface area contributed by atoms with E-state index in [0.717, 1.165) is 23.0 Å². The first-order chi connectivity index (χ1) is 13.3. The Labute approximate surface area is 162 Å². The molecular formula is C19H15F3N2O3S. The molecule has 146 valence electrons. The van der Waals surface area contributed by atoms with Crippen LogP contribution in [-0.2, 0) is 22.3 Å². The molecule has 5 nitrogen and oxygen atoms in total. The number of aryl methyl sites for hydroxylation is 1. The topological polar surface area (TPSA) is 68.3 Å². The van der Waals surface area contributed by atoms with Gasteiger partial charge in [0.1, 0.15) is 23.7 Å². The Bertz CT molecular complexity index is 1020. The van der Waals surface area contributed by atoms with Crippen molar-refractivity contribution in [1.82, 2.24) is 10.3 Å². The van der Waals surface area contributed by atoms with Crippen molar-refractivity contribution >= 4 is 33.4 Å². The van der Waals surface area contributed by atoms with Gasteiger partial charge < -0.3 is 10.1 Å². The van der Waals surface area contributed by atoms with E-state index in [1.807, 2.05) is 18.2 Å². The fraction of sp³-hybridized carbons (Fsp3) is 0.211. The van der Waals surface area contributed by atoms with Crippen LogP contribution < -0.4 is 5.32 Å². The van der Waals surface area contributed by atoms with Crippen LogP contribution in [0.5, 0.6) is 0 Å². The molecule has 9 heteroatoms. The summed E-state index contributed by atoms with van der Waals surface area (Å²) < 4.78 is 43.5. The molecular weight excluding hydrogens is 393 g/mol. The number of halogens is 3. The third-order valence-corrected chi connectivity index (χ3v) is 5.14. The van der Waals surface area contributed by atoms with Crippen LogP contribution in [0.2, 0.25) is 0 Å². The number of amides is 1. The van der Waals surface area contributed by atoms with Crippen LogP contribution in [0.1, 0.15) is 26.5 Å². The molecule has 1 amide bonds. The van der Waals surface area contributed by atoms with Gasteiger partial charge in [-0.15, -0.1) is 11.3 Å². The molecule has 3 aromatic rings. The zero-order valence-corrected chi connectivity index (χ0v) is 15.5. The summed E-state index contributed by atoms with van der Waals surface area (Å²) >= 11 is 0.849. The molecule has 1 aromatic carbocycles. The van der Waals surface area contributed by atoms with Crippen LogP contribution in [0.15, 0.2) is 42.5 Å². The molecule has 0 bridgehead atoms. The predicted molar refractivity (Wildman–Crippen MR) is 97.9 cm³/mol. The molecule has 3 rings (SSSR count). The number of nitrogens with zero attached hydrogens (tertiary/aromatic N) is 1. The maximum Gasteiger partial charge on any atom is 0.433 e. The summed E-state index contributed by atoms with van der Waals surface area (Å²) in [6.07, 6.45) is -4.56. The fourth-order valence-electron chi connectivity index (χ4n) is 2.50. The van der Waals surface area contributed by atoms with Crippen molar-refractivity contribution in [3.63, 3.8) is 0 Å². The Morgan fingerprint density at radius 2 is 1.86 bits per heavy atom. The average molecular weight is 408 g/mol. The Morgan fingerprint density at radius 1 is 1.14 bits per heavy atom. The predicted octanol–water partition coefficient (Wildman–Crippen LogP) is 4.10. The number of aromatic nitrogens is 1. The smallest absolute Gasteiger partial charge is 0.433 e. The number of ether oxygens (including phenoxy) is 1. The summed E-state index contributed by atoms with van der Waals surface area (Å²) in [5, 5.41) is 2.90. The van der Waals surface area contributed by atoms with E-state index in [1.165, 1.54) is 6.07 Å². The maximum absolute atomic E-state index is 12.8. The quantitative estimate of drug-likeness (QED) is 0.646. The van der Waals surface area contributed by atoms with Gasteiger partial charge >= 0.3 is 12.1 Å². The molecule has 0 saturated heterocycles. The summed E-state index contributed by atoms with van der Waals surface area (Å²) in [5.74, 6) is -1.18. The molecule has 0 saturated carbocycles. The minimum Gasteiger partial charge on any atom is -0.460 e. The second-order valence-electron chi connectivity index (χ2n) is 5.93. The number of pyridine rings is 1. The molecule has 1 N–H and O–H groups in total. The summed E-state index contributed by atoms with van der Waals surface area (Å²) in [4.78, 5) is 28.0. The Hall–Kier alpha value is -2.94. The van der Waals surface area contributed by atoms with Crippen molar-refractivity contribution < 1.29 is 27.5 Å². The molecule has 0 radical (unpaired) electrons. The molecule has 2 heterocycles. The minimum absolute atomic E-state index is 0.0849. The first-order valence-corrected chi connectivity index (χ1v) is 9.02. The van der Waals surface area contributed by atoms with Crippen LogP contribution in [0.4, 0.5) is 13.2 Å². The van der Waals surface area contributed by atoms with Crippen molar-refractivity contribution in [2.75, 3.05) is 6.54 Å². The van der Waals surface area contributed by atoms with E-state index in [0.29, 0.717) is 10.9 Å². The van der Waals surface area contributed by atoms with Crippen LogP contribution >= 0.6 is 11.3 Å². The second kappa shape index (κ2) is 7.97. The summed E-state index contributed by atoms with van der Waals surface area (Å²) in [6.45, 7) is 1.36. The summed E-state index contributed by atoms with van der Waals surface area (Å²) in [7, 11) is 0. The number of hydrogen-bond donors (Lipinski definition) is 1. The number of alkyl halides is 3. The number of rotatable bonds is 5. The average Bonchev–Trinajstić information content (AvgIpc) is 3.01. The van der Waals surface area contributed by atoms with Crippen LogP contribution in [0.3, 0.4) is 0 Å². The number of thiophene rings is 1. The van der Waals surface area contributed by atoms with Gasteiger partial charge in [-0.1, -0.05) is 30.3 Å². The highest BCUT2D eigenvalue weighted by Gasteiger charge is 2.33. The van der Waals surface area contributed by atoms with Gasteiger partial charge in [-0.25, -0.2) is 4.98 Å². The molecule has 0 fully saturated rings.